The Kier molecular flexibility index (Phi) is 5.23. The topological polar surface area (TPSA) is 120 Å². The highest BCUT2D eigenvalue weighted by atomic mass is 19.1. The Morgan fingerprint density at radius 1 is 1.10 bits per heavy atom. The van der Waals surface area contributed by atoms with Crippen LogP contribution in [-0.4, -0.2) is 47.2 Å². The molecule has 0 aliphatic carbocycles. The highest BCUT2D eigenvalue weighted by molar-refractivity contribution is 6.04. The van der Waals surface area contributed by atoms with Crippen molar-refractivity contribution in [1.29, 1.82) is 0 Å². The summed E-state index contributed by atoms with van der Waals surface area (Å²) in [7, 11) is 0. The summed E-state index contributed by atoms with van der Waals surface area (Å²) in [6.45, 7) is 2.61. The third kappa shape index (κ3) is 3.64. The second kappa shape index (κ2) is 7.99. The van der Waals surface area contributed by atoms with E-state index in [2.05, 4.69) is 19.9 Å². The van der Waals surface area contributed by atoms with Crippen LogP contribution in [0.15, 0.2) is 36.7 Å². The lowest BCUT2D eigenvalue weighted by Gasteiger charge is -2.28. The maximum Gasteiger partial charge on any atom is 0.253 e. The molecule has 4 N–H and O–H groups in total. The van der Waals surface area contributed by atoms with Crippen LogP contribution in [0.5, 0.6) is 0 Å². The molecule has 8 nitrogen and oxygen atoms in total. The molecule has 0 saturated carbocycles. The SMILES string of the molecule is NC(=O)c1c(-c2ncc(N3CCOCC3)cn2)cc(-c2c(F)cccc2F)nc1N. The van der Waals surface area contributed by atoms with Gasteiger partial charge in [0.2, 0.25) is 0 Å². The molecule has 1 aromatic carbocycles. The summed E-state index contributed by atoms with van der Waals surface area (Å²) in [6, 6.07) is 4.75. The summed E-state index contributed by atoms with van der Waals surface area (Å²) in [5.74, 6) is -2.62. The van der Waals surface area contributed by atoms with E-state index in [0.717, 1.165) is 17.8 Å². The van der Waals surface area contributed by atoms with Gasteiger partial charge in [-0.05, 0) is 18.2 Å². The average Bonchev–Trinajstić information content (AvgIpc) is 2.74. The standard InChI is InChI=1S/C20H18F2N6O2/c21-13-2-1-3-14(22)17(13)15-8-12(16(19(24)29)18(23)27-15)20-25-9-11(10-26-20)28-4-6-30-7-5-28/h1-3,8-10H,4-7H2,(H2,23,27)(H2,24,29). The predicted molar refractivity (Wildman–Crippen MR) is 107 cm³/mol. The van der Waals surface area contributed by atoms with Gasteiger partial charge in [-0.2, -0.15) is 0 Å². The van der Waals surface area contributed by atoms with Crippen LogP contribution in [0.3, 0.4) is 0 Å². The molecule has 154 valence electrons. The van der Waals surface area contributed by atoms with E-state index < -0.39 is 17.5 Å². The Hall–Kier alpha value is -3.66. The fraction of sp³-hybridized carbons (Fsp3) is 0.200. The number of pyridine rings is 1. The van der Waals surface area contributed by atoms with Gasteiger partial charge in [0.1, 0.15) is 17.5 Å². The number of nitrogens with zero attached hydrogens (tertiary/aromatic N) is 4. The van der Waals surface area contributed by atoms with Gasteiger partial charge in [-0.25, -0.2) is 23.7 Å². The molecular formula is C20H18F2N6O2. The normalized spacial score (nSPS) is 14.0. The fourth-order valence-corrected chi connectivity index (χ4v) is 3.32. The Bertz CT molecular complexity index is 1080. The number of morpholine rings is 1. The van der Waals surface area contributed by atoms with Crippen molar-refractivity contribution in [2.24, 2.45) is 5.73 Å². The van der Waals surface area contributed by atoms with E-state index in [4.69, 9.17) is 16.2 Å². The molecule has 0 radical (unpaired) electrons. The molecule has 10 heteroatoms. The first-order chi connectivity index (χ1) is 14.5. The highest BCUT2D eigenvalue weighted by Crippen LogP contribution is 2.32. The van der Waals surface area contributed by atoms with E-state index in [1.54, 1.807) is 12.4 Å². The van der Waals surface area contributed by atoms with Crippen molar-refractivity contribution in [2.45, 2.75) is 0 Å². The number of carbonyl (C=O) groups is 1. The van der Waals surface area contributed by atoms with E-state index in [1.807, 2.05) is 0 Å². The lowest BCUT2D eigenvalue weighted by Crippen LogP contribution is -2.36. The van der Waals surface area contributed by atoms with Gasteiger partial charge in [-0.3, -0.25) is 4.79 Å². The minimum Gasteiger partial charge on any atom is -0.383 e. The molecule has 3 aromatic rings. The predicted octanol–water partition coefficient (Wildman–Crippen LogP) is 2.00. The lowest BCUT2D eigenvalue weighted by molar-refractivity contribution is 0.100. The zero-order chi connectivity index (χ0) is 21.3. The van der Waals surface area contributed by atoms with Gasteiger partial charge in [0.25, 0.3) is 5.91 Å². The van der Waals surface area contributed by atoms with Gasteiger partial charge >= 0.3 is 0 Å². The van der Waals surface area contributed by atoms with Crippen molar-refractivity contribution in [3.63, 3.8) is 0 Å². The van der Waals surface area contributed by atoms with Crippen molar-refractivity contribution < 1.29 is 18.3 Å². The highest BCUT2D eigenvalue weighted by Gasteiger charge is 2.22. The van der Waals surface area contributed by atoms with Gasteiger partial charge < -0.3 is 21.1 Å². The van der Waals surface area contributed by atoms with E-state index in [9.17, 15) is 13.6 Å². The number of nitrogens with two attached hydrogens (primary N) is 2. The number of carbonyl (C=O) groups excluding carboxylic acids is 1. The second-order valence-electron chi connectivity index (χ2n) is 6.64. The van der Waals surface area contributed by atoms with Crippen molar-refractivity contribution in [2.75, 3.05) is 36.9 Å². The van der Waals surface area contributed by atoms with Gasteiger partial charge in [0.05, 0.1) is 48.1 Å². The first-order valence-electron chi connectivity index (χ1n) is 9.15. The van der Waals surface area contributed by atoms with Crippen LogP contribution in [0, 0.1) is 11.6 Å². The molecule has 0 unspecified atom stereocenters. The van der Waals surface area contributed by atoms with E-state index in [1.165, 1.54) is 12.1 Å². The van der Waals surface area contributed by atoms with E-state index in [-0.39, 0.29) is 34.0 Å². The number of nitrogen functional groups attached to an aromatic ring is 1. The zero-order valence-corrected chi connectivity index (χ0v) is 15.8. The third-order valence-electron chi connectivity index (χ3n) is 4.77. The van der Waals surface area contributed by atoms with Crippen LogP contribution in [0.25, 0.3) is 22.6 Å². The number of halogens is 2. The molecule has 4 rings (SSSR count). The van der Waals surface area contributed by atoms with Crippen LogP contribution in [0.4, 0.5) is 20.3 Å². The molecule has 2 aromatic heterocycles. The fourth-order valence-electron chi connectivity index (χ4n) is 3.32. The Labute approximate surface area is 170 Å². The largest absolute Gasteiger partial charge is 0.383 e. The van der Waals surface area contributed by atoms with Crippen molar-refractivity contribution in [3.8, 4) is 22.6 Å². The number of ether oxygens (including phenoxy) is 1. The molecule has 1 aliphatic rings. The van der Waals surface area contributed by atoms with Crippen LogP contribution in [-0.2, 0) is 4.74 Å². The molecular weight excluding hydrogens is 394 g/mol. The Morgan fingerprint density at radius 3 is 2.33 bits per heavy atom. The van der Waals surface area contributed by atoms with Gasteiger partial charge in [0.15, 0.2) is 5.82 Å². The third-order valence-corrected chi connectivity index (χ3v) is 4.77. The summed E-state index contributed by atoms with van der Waals surface area (Å²) in [4.78, 5) is 26.7. The monoisotopic (exact) mass is 412 g/mol. The number of aromatic nitrogens is 3. The minimum atomic E-state index is -0.851. The van der Waals surface area contributed by atoms with Crippen LogP contribution >= 0.6 is 0 Å². The smallest absolute Gasteiger partial charge is 0.253 e. The molecule has 1 fully saturated rings. The van der Waals surface area contributed by atoms with Gasteiger partial charge in [-0.15, -0.1) is 0 Å². The van der Waals surface area contributed by atoms with Crippen LogP contribution in [0.1, 0.15) is 10.4 Å². The number of anilines is 2. The summed E-state index contributed by atoms with van der Waals surface area (Å²) < 4.78 is 33.8. The summed E-state index contributed by atoms with van der Waals surface area (Å²) in [6.07, 6.45) is 3.19. The number of amides is 1. The molecule has 1 aliphatic heterocycles. The summed E-state index contributed by atoms with van der Waals surface area (Å²) >= 11 is 0. The molecule has 0 spiro atoms. The maximum absolute atomic E-state index is 14.3. The van der Waals surface area contributed by atoms with Gasteiger partial charge in [-0.1, -0.05) is 6.07 Å². The Morgan fingerprint density at radius 2 is 1.73 bits per heavy atom. The molecule has 3 heterocycles. The van der Waals surface area contributed by atoms with Crippen LogP contribution in [0.2, 0.25) is 0 Å². The Balaban J connectivity index is 1.82. The average molecular weight is 412 g/mol. The molecule has 30 heavy (non-hydrogen) atoms. The maximum atomic E-state index is 14.3. The lowest BCUT2D eigenvalue weighted by atomic mass is 10.0. The number of hydrogen-bond acceptors (Lipinski definition) is 7. The van der Waals surface area contributed by atoms with E-state index in [0.29, 0.717) is 26.3 Å². The minimum absolute atomic E-state index is 0.0936. The summed E-state index contributed by atoms with van der Waals surface area (Å²) in [5, 5.41) is 0. The zero-order valence-electron chi connectivity index (χ0n) is 15.8. The van der Waals surface area contributed by atoms with Crippen molar-refractivity contribution in [3.05, 3.63) is 53.9 Å². The first kappa shape index (κ1) is 19.6. The number of hydrogen-bond donors (Lipinski definition) is 2. The number of benzene rings is 1. The summed E-state index contributed by atoms with van der Waals surface area (Å²) in [5.41, 5.74) is 11.7. The molecule has 0 bridgehead atoms. The number of primary amides is 1. The van der Waals surface area contributed by atoms with Gasteiger partial charge in [0, 0.05) is 18.7 Å². The molecule has 1 saturated heterocycles. The quantitative estimate of drug-likeness (QED) is 0.672. The molecule has 0 atom stereocenters. The first-order valence-corrected chi connectivity index (χ1v) is 9.15. The molecule has 1 amide bonds. The number of rotatable bonds is 4. The van der Waals surface area contributed by atoms with Crippen molar-refractivity contribution in [1.82, 2.24) is 15.0 Å². The van der Waals surface area contributed by atoms with E-state index >= 15 is 0 Å². The van der Waals surface area contributed by atoms with Crippen molar-refractivity contribution >= 4 is 17.4 Å². The second-order valence-corrected chi connectivity index (χ2v) is 6.64. The van der Waals surface area contributed by atoms with Crippen LogP contribution < -0.4 is 16.4 Å².